The number of hydrogen-bond donors (Lipinski definition) is 0. The second kappa shape index (κ2) is 13.5. The molecule has 0 radical (unpaired) electrons. The smallest absolute Gasteiger partial charge is 0.143 e. The fourth-order valence-electron chi connectivity index (χ4n) is 10.7. The van der Waals surface area contributed by atoms with E-state index < -0.39 is 0 Å². The van der Waals surface area contributed by atoms with Crippen molar-refractivity contribution >= 4 is 39.0 Å². The number of benzene rings is 9. The molecule has 2 aliphatic carbocycles. The summed E-state index contributed by atoms with van der Waals surface area (Å²) in [5, 5.41) is 2.22. The lowest BCUT2D eigenvalue weighted by Crippen LogP contribution is -2.18. The average Bonchev–Trinajstić information content (AvgIpc) is 3.89. The summed E-state index contributed by atoms with van der Waals surface area (Å²) in [6, 6.07) is 73.7. The molecule has 0 saturated heterocycles. The third kappa shape index (κ3) is 5.36. The maximum Gasteiger partial charge on any atom is 0.143 e. The van der Waals surface area contributed by atoms with Crippen LogP contribution in [0.25, 0.3) is 77.6 Å². The van der Waals surface area contributed by atoms with Crippen LogP contribution >= 0.6 is 0 Å². The number of nitrogens with zero attached hydrogens (tertiary/aromatic N) is 1. The summed E-state index contributed by atoms with van der Waals surface area (Å²) in [6.45, 7) is 9.50. The number of para-hydroxylation sites is 1. The van der Waals surface area contributed by atoms with E-state index in [1.165, 1.54) is 55.8 Å². The molecule has 0 spiro atoms. The third-order valence-corrected chi connectivity index (χ3v) is 13.9. The molecule has 1 aromatic heterocycles. The lowest BCUT2D eigenvalue weighted by molar-refractivity contribution is 0.660. The van der Waals surface area contributed by atoms with E-state index in [-0.39, 0.29) is 10.8 Å². The fraction of sp³-hybridized carbons (Fsp3) is 0.100. The van der Waals surface area contributed by atoms with Gasteiger partial charge >= 0.3 is 0 Å². The first kappa shape index (κ1) is 36.4. The van der Waals surface area contributed by atoms with Crippen molar-refractivity contribution < 1.29 is 4.42 Å². The Balaban J connectivity index is 1.19. The van der Waals surface area contributed by atoms with Gasteiger partial charge in [0.15, 0.2) is 0 Å². The summed E-state index contributed by atoms with van der Waals surface area (Å²) in [7, 11) is 0. The molecular formula is C60H45NO. The quantitative estimate of drug-likeness (QED) is 0.167. The van der Waals surface area contributed by atoms with Gasteiger partial charge in [-0.05, 0) is 104 Å². The number of hydrogen-bond acceptors (Lipinski definition) is 2. The topological polar surface area (TPSA) is 16.4 Å². The van der Waals surface area contributed by atoms with Crippen LogP contribution in [0.15, 0.2) is 205 Å². The highest BCUT2D eigenvalue weighted by Crippen LogP contribution is 2.57. The van der Waals surface area contributed by atoms with Gasteiger partial charge in [0.2, 0.25) is 0 Å². The minimum atomic E-state index is -0.173. The molecule has 0 N–H and O–H groups in total. The highest BCUT2D eigenvalue weighted by atomic mass is 16.3. The van der Waals surface area contributed by atoms with Gasteiger partial charge in [0.05, 0.1) is 11.4 Å². The Labute approximate surface area is 363 Å². The molecule has 0 unspecified atom stereocenters. The van der Waals surface area contributed by atoms with Crippen LogP contribution < -0.4 is 4.90 Å². The molecule has 0 aliphatic heterocycles. The van der Waals surface area contributed by atoms with Crippen molar-refractivity contribution in [3.05, 3.63) is 222 Å². The van der Waals surface area contributed by atoms with E-state index in [2.05, 4.69) is 233 Å². The monoisotopic (exact) mass is 795 g/mol. The van der Waals surface area contributed by atoms with Gasteiger partial charge in [0, 0.05) is 44.0 Å². The Morgan fingerprint density at radius 2 is 0.968 bits per heavy atom. The highest BCUT2D eigenvalue weighted by Gasteiger charge is 2.39. The molecule has 0 bridgehead atoms. The molecule has 2 aliphatic rings. The van der Waals surface area contributed by atoms with Crippen LogP contribution in [-0.2, 0) is 10.8 Å². The third-order valence-electron chi connectivity index (χ3n) is 13.9. The van der Waals surface area contributed by atoms with Gasteiger partial charge < -0.3 is 9.32 Å². The van der Waals surface area contributed by atoms with Gasteiger partial charge in [0.25, 0.3) is 0 Å². The first-order chi connectivity index (χ1) is 30.3. The lowest BCUT2D eigenvalue weighted by Gasteiger charge is -2.32. The van der Waals surface area contributed by atoms with E-state index in [9.17, 15) is 0 Å². The number of furan rings is 1. The van der Waals surface area contributed by atoms with Gasteiger partial charge in [-0.1, -0.05) is 185 Å². The molecule has 9 aromatic carbocycles. The number of anilines is 3. The maximum atomic E-state index is 6.70. The molecule has 62 heavy (non-hydrogen) atoms. The largest absolute Gasteiger partial charge is 0.455 e. The predicted octanol–water partition coefficient (Wildman–Crippen LogP) is 16.7. The van der Waals surface area contributed by atoms with Crippen molar-refractivity contribution in [1.29, 1.82) is 0 Å². The Kier molecular flexibility index (Phi) is 7.96. The Bertz CT molecular complexity index is 3410. The molecule has 12 rings (SSSR count). The van der Waals surface area contributed by atoms with E-state index in [0.717, 1.165) is 61.1 Å². The Hall–Kier alpha value is -7.42. The van der Waals surface area contributed by atoms with Gasteiger partial charge in [-0.2, -0.15) is 0 Å². The summed E-state index contributed by atoms with van der Waals surface area (Å²) < 4.78 is 6.70. The summed E-state index contributed by atoms with van der Waals surface area (Å²) >= 11 is 0. The van der Waals surface area contributed by atoms with Crippen molar-refractivity contribution in [2.45, 2.75) is 38.5 Å². The highest BCUT2D eigenvalue weighted by molar-refractivity contribution is 6.12. The van der Waals surface area contributed by atoms with Gasteiger partial charge in [-0.25, -0.2) is 0 Å². The zero-order valence-electron chi connectivity index (χ0n) is 35.4. The molecule has 0 amide bonds. The van der Waals surface area contributed by atoms with E-state index >= 15 is 0 Å². The maximum absolute atomic E-state index is 6.70. The van der Waals surface area contributed by atoms with Crippen LogP contribution in [0, 0.1) is 0 Å². The van der Waals surface area contributed by atoms with Crippen LogP contribution in [0.5, 0.6) is 0 Å². The summed E-state index contributed by atoms with van der Waals surface area (Å²) in [4.78, 5) is 2.57. The normalized spacial score (nSPS) is 14.1. The van der Waals surface area contributed by atoms with E-state index in [1.54, 1.807) is 0 Å². The average molecular weight is 796 g/mol. The number of fused-ring (bicyclic) bond motifs is 9. The van der Waals surface area contributed by atoms with Crippen molar-refractivity contribution in [3.8, 4) is 55.6 Å². The van der Waals surface area contributed by atoms with Gasteiger partial charge in [0.1, 0.15) is 11.2 Å². The molecule has 296 valence electrons. The van der Waals surface area contributed by atoms with Crippen molar-refractivity contribution in [2.24, 2.45) is 0 Å². The molecular weight excluding hydrogens is 751 g/mol. The molecule has 0 atom stereocenters. The van der Waals surface area contributed by atoms with Crippen molar-refractivity contribution in [3.63, 3.8) is 0 Å². The molecule has 0 fully saturated rings. The standard InChI is InChI=1S/C60H45NO/c1-59(2)51-26-15-12-24-47(51)57-52(59)27-17-28-54(57)61(42-31-33-45-44-22-11-14-25-50(44)60(3,4)53(45)37-42)55-36-40(38-18-7-5-8-19-38)30-32-43(55)41-34-48(39-20-9-6-10-21-39)58-49(35-41)46-23-13-16-29-56(46)62-58/h5-37H,1-4H3. The minimum Gasteiger partial charge on any atom is -0.455 e. The zero-order valence-corrected chi connectivity index (χ0v) is 35.4. The van der Waals surface area contributed by atoms with Crippen molar-refractivity contribution in [2.75, 3.05) is 4.90 Å². The summed E-state index contributed by atoms with van der Waals surface area (Å²) in [5.74, 6) is 0. The second-order valence-electron chi connectivity index (χ2n) is 18.1. The van der Waals surface area contributed by atoms with E-state index in [1.807, 2.05) is 0 Å². The molecule has 1 heterocycles. The summed E-state index contributed by atoms with van der Waals surface area (Å²) in [5.41, 5.74) is 22.3. The Morgan fingerprint density at radius 1 is 0.355 bits per heavy atom. The Morgan fingerprint density at radius 3 is 1.76 bits per heavy atom. The van der Waals surface area contributed by atoms with E-state index in [0.29, 0.717) is 0 Å². The minimum absolute atomic E-state index is 0.165. The first-order valence-corrected chi connectivity index (χ1v) is 21.8. The zero-order chi connectivity index (χ0) is 41.7. The van der Waals surface area contributed by atoms with Crippen LogP contribution in [-0.4, -0.2) is 0 Å². The van der Waals surface area contributed by atoms with Crippen LogP contribution in [0.1, 0.15) is 49.9 Å². The lowest BCUT2D eigenvalue weighted by atomic mass is 9.82. The number of rotatable bonds is 6. The first-order valence-electron chi connectivity index (χ1n) is 21.8. The van der Waals surface area contributed by atoms with Gasteiger partial charge in [-0.15, -0.1) is 0 Å². The van der Waals surface area contributed by atoms with E-state index in [4.69, 9.17) is 4.42 Å². The summed E-state index contributed by atoms with van der Waals surface area (Å²) in [6.07, 6.45) is 0. The molecule has 2 heteroatoms. The predicted molar refractivity (Wildman–Crippen MR) is 260 cm³/mol. The van der Waals surface area contributed by atoms with Crippen LogP contribution in [0.3, 0.4) is 0 Å². The van der Waals surface area contributed by atoms with Crippen LogP contribution in [0.2, 0.25) is 0 Å². The molecule has 0 saturated carbocycles. The SMILES string of the molecule is CC1(C)c2ccccc2-c2ccc(N(c3cc(-c4ccccc4)ccc3-c3cc(-c4ccccc4)c4oc5ccccc5c4c3)c3cccc4c3-c3ccccc3C4(C)C)cc21. The fourth-order valence-corrected chi connectivity index (χ4v) is 10.7. The van der Waals surface area contributed by atoms with Crippen molar-refractivity contribution in [1.82, 2.24) is 0 Å². The molecule has 2 nitrogen and oxygen atoms in total. The van der Waals surface area contributed by atoms with Crippen LogP contribution in [0.4, 0.5) is 17.1 Å². The molecule has 10 aromatic rings. The second-order valence-corrected chi connectivity index (χ2v) is 18.1. The van der Waals surface area contributed by atoms with Gasteiger partial charge in [-0.3, -0.25) is 0 Å².